The summed E-state index contributed by atoms with van der Waals surface area (Å²) in [7, 11) is 0. The third-order valence-corrected chi connectivity index (χ3v) is 8.57. The van der Waals surface area contributed by atoms with Gasteiger partial charge in [0.05, 0.1) is 0 Å². The first kappa shape index (κ1) is 32.7. The maximum atomic E-state index is 2.60. The van der Waals surface area contributed by atoms with E-state index in [1.165, 1.54) is 128 Å². The van der Waals surface area contributed by atoms with E-state index in [4.69, 9.17) is 0 Å². The summed E-state index contributed by atoms with van der Waals surface area (Å²) in [6.07, 6.45) is 26.2. The lowest BCUT2D eigenvalue weighted by Gasteiger charge is -2.20. The van der Waals surface area contributed by atoms with Crippen molar-refractivity contribution >= 4 is 0 Å². The SMILES string of the molecule is CCCCCCC(CCc1ccc(CCCC)c(CCCC)c1)Cc1ccc(CCCC)c(CCCC)c1. The van der Waals surface area contributed by atoms with Gasteiger partial charge in [0.1, 0.15) is 0 Å². The number of hydrogen-bond acceptors (Lipinski definition) is 0. The minimum atomic E-state index is 0.797. The standard InChI is InChI=1S/C38H62/c1-6-11-16-17-18-32(29-34-26-28-36(20-13-8-3)38(31-34)22-15-10-5)23-24-33-25-27-35(19-12-7-2)37(30-33)21-14-9-4/h25-28,30-32H,6-24,29H2,1-5H3. The molecule has 38 heavy (non-hydrogen) atoms. The number of unbranched alkanes of at least 4 members (excludes halogenated alkanes) is 7. The Morgan fingerprint density at radius 3 is 1.42 bits per heavy atom. The molecule has 0 amide bonds. The largest absolute Gasteiger partial charge is 0.0654 e. The van der Waals surface area contributed by atoms with E-state index in [1.807, 2.05) is 0 Å². The molecule has 2 aromatic rings. The molecule has 2 aromatic carbocycles. The van der Waals surface area contributed by atoms with Crippen LogP contribution in [-0.4, -0.2) is 0 Å². The van der Waals surface area contributed by atoms with Crippen molar-refractivity contribution in [3.8, 4) is 0 Å². The van der Waals surface area contributed by atoms with Crippen LogP contribution in [0.25, 0.3) is 0 Å². The van der Waals surface area contributed by atoms with Crippen LogP contribution < -0.4 is 0 Å². The summed E-state index contributed by atoms with van der Waals surface area (Å²) in [6.45, 7) is 11.6. The van der Waals surface area contributed by atoms with E-state index in [0.29, 0.717) is 0 Å². The predicted molar refractivity (Wildman–Crippen MR) is 172 cm³/mol. The Kier molecular flexibility index (Phi) is 17.5. The van der Waals surface area contributed by atoms with Crippen LogP contribution in [0, 0.1) is 5.92 Å². The zero-order chi connectivity index (χ0) is 27.4. The van der Waals surface area contributed by atoms with Crippen LogP contribution in [0.3, 0.4) is 0 Å². The Balaban J connectivity index is 2.14. The average molecular weight is 519 g/mol. The lowest BCUT2D eigenvalue weighted by molar-refractivity contribution is 0.423. The van der Waals surface area contributed by atoms with Gasteiger partial charge >= 0.3 is 0 Å². The number of aryl methyl sites for hydroxylation is 5. The van der Waals surface area contributed by atoms with Crippen molar-refractivity contribution in [3.63, 3.8) is 0 Å². The fraction of sp³-hybridized carbons (Fsp3) is 0.684. The van der Waals surface area contributed by atoms with E-state index in [0.717, 1.165) is 5.92 Å². The fourth-order valence-electron chi connectivity index (χ4n) is 5.98. The van der Waals surface area contributed by atoms with Gasteiger partial charge < -0.3 is 0 Å². The maximum Gasteiger partial charge on any atom is -0.0250 e. The van der Waals surface area contributed by atoms with Crippen molar-refractivity contribution in [2.75, 3.05) is 0 Å². The van der Waals surface area contributed by atoms with Gasteiger partial charge in [-0.1, -0.05) is 129 Å². The Bertz CT molecular complexity index is 860. The van der Waals surface area contributed by atoms with Crippen LogP contribution in [0.5, 0.6) is 0 Å². The molecule has 0 aliphatic rings. The van der Waals surface area contributed by atoms with Crippen LogP contribution >= 0.6 is 0 Å². The number of rotatable bonds is 22. The highest BCUT2D eigenvalue weighted by Crippen LogP contribution is 2.26. The van der Waals surface area contributed by atoms with Crippen LogP contribution in [0.4, 0.5) is 0 Å². The second-order valence-electron chi connectivity index (χ2n) is 12.1. The molecule has 0 bridgehead atoms. The molecule has 0 saturated carbocycles. The summed E-state index contributed by atoms with van der Waals surface area (Å²) in [6, 6.07) is 15.1. The van der Waals surface area contributed by atoms with Crippen molar-refractivity contribution in [3.05, 3.63) is 69.8 Å². The minimum Gasteiger partial charge on any atom is -0.0654 e. The Morgan fingerprint density at radius 1 is 0.421 bits per heavy atom. The molecule has 2 rings (SSSR count). The molecule has 0 nitrogen and oxygen atoms in total. The van der Waals surface area contributed by atoms with E-state index in [2.05, 4.69) is 71.0 Å². The Labute approximate surface area is 238 Å². The van der Waals surface area contributed by atoms with Gasteiger partial charge in [0.2, 0.25) is 0 Å². The van der Waals surface area contributed by atoms with Crippen molar-refractivity contribution < 1.29 is 0 Å². The molecule has 214 valence electrons. The molecule has 0 heterocycles. The second kappa shape index (κ2) is 20.4. The van der Waals surface area contributed by atoms with Gasteiger partial charge in [-0.15, -0.1) is 0 Å². The molecule has 0 aliphatic heterocycles. The second-order valence-corrected chi connectivity index (χ2v) is 12.1. The topological polar surface area (TPSA) is 0 Å². The summed E-state index contributed by atoms with van der Waals surface area (Å²) < 4.78 is 0. The highest BCUT2D eigenvalue weighted by atomic mass is 14.2. The summed E-state index contributed by atoms with van der Waals surface area (Å²) >= 11 is 0. The molecule has 0 N–H and O–H groups in total. The maximum absolute atomic E-state index is 2.60. The Hall–Kier alpha value is -1.56. The van der Waals surface area contributed by atoms with Crippen LogP contribution in [0.2, 0.25) is 0 Å². The molecule has 1 unspecified atom stereocenters. The lowest BCUT2D eigenvalue weighted by Crippen LogP contribution is -2.08. The normalized spacial score (nSPS) is 12.2. The quantitative estimate of drug-likeness (QED) is 0.136. The molecule has 0 radical (unpaired) electrons. The first-order chi connectivity index (χ1) is 18.6. The lowest BCUT2D eigenvalue weighted by atomic mass is 9.86. The molecule has 0 fully saturated rings. The van der Waals surface area contributed by atoms with E-state index in [9.17, 15) is 0 Å². The molecule has 0 aromatic heterocycles. The van der Waals surface area contributed by atoms with E-state index in [1.54, 1.807) is 33.4 Å². The summed E-state index contributed by atoms with van der Waals surface area (Å²) in [4.78, 5) is 0. The van der Waals surface area contributed by atoms with Crippen molar-refractivity contribution in [1.29, 1.82) is 0 Å². The van der Waals surface area contributed by atoms with Crippen molar-refractivity contribution in [1.82, 2.24) is 0 Å². The van der Waals surface area contributed by atoms with Gasteiger partial charge in [-0.25, -0.2) is 0 Å². The summed E-state index contributed by atoms with van der Waals surface area (Å²) in [5.74, 6) is 0.797. The Morgan fingerprint density at radius 2 is 0.895 bits per heavy atom. The van der Waals surface area contributed by atoms with E-state index in [-0.39, 0.29) is 0 Å². The van der Waals surface area contributed by atoms with Gasteiger partial charge in [-0.3, -0.25) is 0 Å². The van der Waals surface area contributed by atoms with Gasteiger partial charge in [0, 0.05) is 0 Å². The molecule has 0 heteroatoms. The van der Waals surface area contributed by atoms with Gasteiger partial charge in [-0.2, -0.15) is 0 Å². The van der Waals surface area contributed by atoms with Gasteiger partial charge in [0.15, 0.2) is 0 Å². The zero-order valence-electron chi connectivity index (χ0n) is 26.2. The first-order valence-corrected chi connectivity index (χ1v) is 16.9. The molecule has 1 atom stereocenters. The monoisotopic (exact) mass is 518 g/mol. The van der Waals surface area contributed by atoms with Crippen LogP contribution in [-0.2, 0) is 38.5 Å². The van der Waals surface area contributed by atoms with Gasteiger partial charge in [0.25, 0.3) is 0 Å². The average Bonchev–Trinajstić information content (AvgIpc) is 2.94. The van der Waals surface area contributed by atoms with Crippen LogP contribution in [0.1, 0.15) is 158 Å². The zero-order valence-corrected chi connectivity index (χ0v) is 26.2. The summed E-state index contributed by atoms with van der Waals surface area (Å²) in [5, 5.41) is 0. The third-order valence-electron chi connectivity index (χ3n) is 8.57. The molecule has 0 aliphatic carbocycles. The fourth-order valence-corrected chi connectivity index (χ4v) is 5.98. The smallest absolute Gasteiger partial charge is 0.0250 e. The van der Waals surface area contributed by atoms with E-state index >= 15 is 0 Å². The highest BCUT2D eigenvalue weighted by molar-refractivity contribution is 5.34. The third kappa shape index (κ3) is 12.5. The number of benzene rings is 2. The molecular weight excluding hydrogens is 456 g/mol. The number of hydrogen-bond donors (Lipinski definition) is 0. The van der Waals surface area contributed by atoms with Gasteiger partial charge in [-0.05, 0) is 110 Å². The van der Waals surface area contributed by atoms with E-state index < -0.39 is 0 Å². The summed E-state index contributed by atoms with van der Waals surface area (Å²) in [5.41, 5.74) is 9.68. The molecule has 0 spiro atoms. The highest BCUT2D eigenvalue weighted by Gasteiger charge is 2.13. The molecular formula is C38H62. The molecule has 0 saturated heterocycles. The minimum absolute atomic E-state index is 0.797. The first-order valence-electron chi connectivity index (χ1n) is 16.9. The van der Waals surface area contributed by atoms with Crippen LogP contribution in [0.15, 0.2) is 36.4 Å². The van der Waals surface area contributed by atoms with Crippen molar-refractivity contribution in [2.45, 2.75) is 163 Å². The van der Waals surface area contributed by atoms with Crippen molar-refractivity contribution in [2.24, 2.45) is 5.92 Å². The predicted octanol–water partition coefficient (Wildman–Crippen LogP) is 11.8.